The van der Waals surface area contributed by atoms with Gasteiger partial charge >= 0.3 is 0 Å². The third kappa shape index (κ3) is 6.72. The Labute approximate surface area is 107 Å². The van der Waals surface area contributed by atoms with Crippen LogP contribution in [0.1, 0.15) is 24.6 Å². The molecule has 0 aliphatic rings. The van der Waals surface area contributed by atoms with Gasteiger partial charge < -0.3 is 5.32 Å². The number of hydrogen-bond donors (Lipinski definition) is 2. The molecule has 0 aromatic carbocycles. The molecule has 98 valence electrons. The van der Waals surface area contributed by atoms with Crippen molar-refractivity contribution in [2.24, 2.45) is 0 Å². The van der Waals surface area contributed by atoms with E-state index in [1.165, 1.54) is 11.3 Å². The average Bonchev–Trinajstić information content (AvgIpc) is 2.79. The van der Waals surface area contributed by atoms with E-state index in [1.807, 2.05) is 6.92 Å². The van der Waals surface area contributed by atoms with Gasteiger partial charge in [-0.3, -0.25) is 4.98 Å². The van der Waals surface area contributed by atoms with E-state index in [0.717, 1.165) is 24.4 Å². The van der Waals surface area contributed by atoms with Crippen molar-refractivity contribution in [1.29, 1.82) is 0 Å². The molecule has 0 fully saturated rings. The van der Waals surface area contributed by atoms with Gasteiger partial charge in [-0.15, -0.1) is 11.3 Å². The third-order valence-corrected chi connectivity index (χ3v) is 4.41. The van der Waals surface area contributed by atoms with Crippen LogP contribution in [0.5, 0.6) is 0 Å². The second-order valence-corrected chi connectivity index (χ2v) is 6.57. The molecule has 1 rings (SSSR count). The van der Waals surface area contributed by atoms with Crippen LogP contribution >= 0.6 is 11.3 Å². The van der Waals surface area contributed by atoms with Crippen LogP contribution in [0, 0.1) is 0 Å². The first-order valence-corrected chi connectivity index (χ1v) is 8.22. The summed E-state index contributed by atoms with van der Waals surface area (Å²) in [6.07, 6.45) is 3.25. The first-order valence-electron chi connectivity index (χ1n) is 5.69. The van der Waals surface area contributed by atoms with Gasteiger partial charge in [0.25, 0.3) is 0 Å². The summed E-state index contributed by atoms with van der Waals surface area (Å²) in [4.78, 5) is 4.83. The van der Waals surface area contributed by atoms with E-state index in [0.29, 0.717) is 13.0 Å². The van der Waals surface area contributed by atoms with Crippen molar-refractivity contribution >= 4 is 21.4 Å². The van der Waals surface area contributed by atoms with Gasteiger partial charge in [0.15, 0.2) is 0 Å². The molecule has 0 bridgehead atoms. The highest BCUT2D eigenvalue weighted by atomic mass is 32.2. The number of unbranched alkanes of at least 4 members (excludes halogenated alkanes) is 1. The zero-order valence-electron chi connectivity index (χ0n) is 9.98. The minimum Gasteiger partial charge on any atom is -0.317 e. The minimum absolute atomic E-state index is 0.192. The smallest absolute Gasteiger partial charge is 0.211 e. The molecule has 0 aliphatic carbocycles. The quantitative estimate of drug-likeness (QED) is 0.659. The predicted octanol–water partition coefficient (Wildman–Crippen LogP) is 0.952. The number of thiazole rings is 1. The molecule has 0 aliphatic heterocycles. The zero-order valence-corrected chi connectivity index (χ0v) is 11.6. The van der Waals surface area contributed by atoms with Gasteiger partial charge in [-0.25, -0.2) is 13.1 Å². The molecule has 5 nitrogen and oxygen atoms in total. The maximum atomic E-state index is 11.6. The number of nitrogens with zero attached hydrogens (tertiary/aromatic N) is 1. The van der Waals surface area contributed by atoms with Crippen molar-refractivity contribution in [3.8, 4) is 0 Å². The molecule has 0 saturated carbocycles. The lowest BCUT2D eigenvalue weighted by Crippen LogP contribution is -2.26. The number of aromatic nitrogens is 1. The molecule has 0 spiro atoms. The van der Waals surface area contributed by atoms with Gasteiger partial charge in [-0.2, -0.15) is 0 Å². The Morgan fingerprint density at radius 2 is 2.24 bits per heavy atom. The van der Waals surface area contributed by atoms with E-state index in [4.69, 9.17) is 0 Å². The van der Waals surface area contributed by atoms with Gasteiger partial charge in [0, 0.05) is 17.6 Å². The molecule has 0 amide bonds. The summed E-state index contributed by atoms with van der Waals surface area (Å²) in [5.74, 6) is 0.192. The highest BCUT2D eigenvalue weighted by molar-refractivity contribution is 7.89. The second kappa shape index (κ2) is 7.75. The largest absolute Gasteiger partial charge is 0.317 e. The monoisotopic (exact) mass is 277 g/mol. The molecule has 0 unspecified atom stereocenters. The Kier molecular flexibility index (Phi) is 6.64. The van der Waals surface area contributed by atoms with E-state index in [2.05, 4.69) is 15.0 Å². The summed E-state index contributed by atoms with van der Waals surface area (Å²) in [5, 5.41) is 3.17. The van der Waals surface area contributed by atoms with Gasteiger partial charge in [0.2, 0.25) is 10.0 Å². The van der Waals surface area contributed by atoms with Gasteiger partial charge in [-0.1, -0.05) is 6.92 Å². The number of sulfonamides is 1. The summed E-state index contributed by atoms with van der Waals surface area (Å²) in [7, 11) is -3.14. The van der Waals surface area contributed by atoms with Crippen molar-refractivity contribution in [2.75, 3.05) is 18.8 Å². The van der Waals surface area contributed by atoms with Crippen LogP contribution in [0.25, 0.3) is 0 Å². The number of rotatable bonds is 9. The fraction of sp³-hybridized carbons (Fsp3) is 0.700. The lowest BCUT2D eigenvalue weighted by Gasteiger charge is -2.05. The van der Waals surface area contributed by atoms with Crippen molar-refractivity contribution < 1.29 is 8.42 Å². The topological polar surface area (TPSA) is 71.1 Å². The van der Waals surface area contributed by atoms with Gasteiger partial charge in [0.1, 0.15) is 0 Å². The number of hydrogen-bond acceptors (Lipinski definition) is 5. The van der Waals surface area contributed by atoms with Gasteiger partial charge in [0.05, 0.1) is 11.3 Å². The summed E-state index contributed by atoms with van der Waals surface area (Å²) in [6, 6.07) is 0. The molecule has 1 heterocycles. The molecule has 1 aromatic heterocycles. The van der Waals surface area contributed by atoms with E-state index in [1.54, 1.807) is 11.7 Å². The normalized spacial score (nSPS) is 11.8. The average molecular weight is 277 g/mol. The van der Waals surface area contributed by atoms with E-state index >= 15 is 0 Å². The van der Waals surface area contributed by atoms with Gasteiger partial charge in [-0.05, 0) is 25.9 Å². The SMILES string of the molecule is CCNCCCCS(=O)(=O)NCc1cncs1. The van der Waals surface area contributed by atoms with Crippen LogP contribution < -0.4 is 10.0 Å². The molecule has 17 heavy (non-hydrogen) atoms. The number of nitrogens with one attached hydrogen (secondary N) is 2. The van der Waals surface area contributed by atoms with Crippen molar-refractivity contribution in [3.63, 3.8) is 0 Å². The van der Waals surface area contributed by atoms with Crippen LogP contribution in [-0.2, 0) is 16.6 Å². The maximum Gasteiger partial charge on any atom is 0.211 e. The predicted molar refractivity (Wildman–Crippen MR) is 70.5 cm³/mol. The summed E-state index contributed by atoms with van der Waals surface area (Å²) >= 11 is 1.45. The van der Waals surface area contributed by atoms with Crippen molar-refractivity contribution in [1.82, 2.24) is 15.0 Å². The fourth-order valence-electron chi connectivity index (χ4n) is 1.30. The molecular weight excluding hydrogens is 258 g/mol. The lowest BCUT2D eigenvalue weighted by molar-refractivity contribution is 0.574. The summed E-state index contributed by atoms with van der Waals surface area (Å²) < 4.78 is 25.8. The molecule has 0 atom stereocenters. The molecule has 1 aromatic rings. The molecular formula is C10H19N3O2S2. The Balaban J connectivity index is 2.17. The fourth-order valence-corrected chi connectivity index (χ4v) is 3.03. The highest BCUT2D eigenvalue weighted by Gasteiger charge is 2.09. The second-order valence-electron chi connectivity index (χ2n) is 3.67. The first kappa shape index (κ1) is 14.6. The van der Waals surface area contributed by atoms with Crippen molar-refractivity contribution in [2.45, 2.75) is 26.3 Å². The standard InChI is InChI=1S/C10H19N3O2S2/c1-2-11-5-3-4-6-17(14,15)13-8-10-7-12-9-16-10/h7,9,11,13H,2-6,8H2,1H3. The molecule has 7 heteroatoms. The summed E-state index contributed by atoms with van der Waals surface area (Å²) in [5.41, 5.74) is 1.69. The molecule has 0 radical (unpaired) electrons. The Bertz CT molecular complexity index is 390. The zero-order chi connectivity index (χ0) is 12.6. The third-order valence-electron chi connectivity index (χ3n) is 2.22. The molecule has 0 saturated heterocycles. The van der Waals surface area contributed by atoms with Crippen molar-refractivity contribution in [3.05, 3.63) is 16.6 Å². The van der Waals surface area contributed by atoms with Crippen LogP contribution in [0.15, 0.2) is 11.7 Å². The maximum absolute atomic E-state index is 11.6. The Morgan fingerprint density at radius 3 is 2.88 bits per heavy atom. The molecule has 2 N–H and O–H groups in total. The van der Waals surface area contributed by atoms with E-state index in [-0.39, 0.29) is 5.75 Å². The highest BCUT2D eigenvalue weighted by Crippen LogP contribution is 2.05. The minimum atomic E-state index is -3.14. The van der Waals surface area contributed by atoms with Crippen LogP contribution in [0.2, 0.25) is 0 Å². The Hall–Kier alpha value is -0.500. The first-order chi connectivity index (χ1) is 8.14. The lowest BCUT2D eigenvalue weighted by atomic mass is 10.3. The Morgan fingerprint density at radius 1 is 1.41 bits per heavy atom. The van der Waals surface area contributed by atoms with Crippen LogP contribution in [0.3, 0.4) is 0 Å². The van der Waals surface area contributed by atoms with E-state index in [9.17, 15) is 8.42 Å². The van der Waals surface area contributed by atoms with Crippen LogP contribution in [-0.4, -0.2) is 32.2 Å². The summed E-state index contributed by atoms with van der Waals surface area (Å²) in [6.45, 7) is 4.19. The van der Waals surface area contributed by atoms with Crippen LogP contribution in [0.4, 0.5) is 0 Å². The van der Waals surface area contributed by atoms with E-state index < -0.39 is 10.0 Å².